The van der Waals surface area contributed by atoms with Crippen molar-refractivity contribution in [2.45, 2.75) is 37.0 Å². The van der Waals surface area contributed by atoms with Gasteiger partial charge in [0.15, 0.2) is 0 Å². The van der Waals surface area contributed by atoms with Crippen LogP contribution in [0.3, 0.4) is 0 Å². The molecule has 0 heterocycles. The van der Waals surface area contributed by atoms with E-state index in [2.05, 4.69) is 4.72 Å². The van der Waals surface area contributed by atoms with Crippen molar-refractivity contribution < 1.29 is 13.5 Å². The Morgan fingerprint density at radius 1 is 1.29 bits per heavy atom. The number of benzene rings is 1. The molecule has 0 unspecified atom stereocenters. The number of nitrogens with two attached hydrogens (primary N) is 1. The monoisotopic (exact) mass is 332 g/mol. The third kappa shape index (κ3) is 3.88. The fourth-order valence-electron chi connectivity index (χ4n) is 2.74. The minimum absolute atomic E-state index is 0.0137. The highest BCUT2D eigenvalue weighted by atomic mass is 35.5. The number of nitrogens with one attached hydrogen (secondary N) is 1. The van der Waals surface area contributed by atoms with Gasteiger partial charge in [0.1, 0.15) is 4.90 Å². The number of hydrogen-bond acceptors (Lipinski definition) is 4. The lowest BCUT2D eigenvalue weighted by Crippen LogP contribution is -2.41. The summed E-state index contributed by atoms with van der Waals surface area (Å²) in [6.07, 6.45) is 4.82. The molecule has 1 saturated carbocycles. The first-order chi connectivity index (χ1) is 9.88. The van der Waals surface area contributed by atoms with E-state index >= 15 is 0 Å². The first kappa shape index (κ1) is 16.5. The maximum absolute atomic E-state index is 12.4. The Balaban J connectivity index is 2.15. The van der Waals surface area contributed by atoms with E-state index in [1.165, 1.54) is 12.1 Å². The molecule has 0 aromatic heterocycles. The van der Waals surface area contributed by atoms with Crippen molar-refractivity contribution >= 4 is 27.3 Å². The molecule has 7 heteroatoms. The summed E-state index contributed by atoms with van der Waals surface area (Å²) in [7, 11) is -3.73. The van der Waals surface area contributed by atoms with Gasteiger partial charge in [-0.3, -0.25) is 0 Å². The summed E-state index contributed by atoms with van der Waals surface area (Å²) in [4.78, 5) is -0.0203. The van der Waals surface area contributed by atoms with Gasteiger partial charge in [-0.2, -0.15) is 0 Å². The lowest BCUT2D eigenvalue weighted by Gasteiger charge is -2.35. The summed E-state index contributed by atoms with van der Waals surface area (Å²) in [5, 5.41) is 9.76. The van der Waals surface area contributed by atoms with Crippen LogP contribution in [0, 0.1) is 5.41 Å². The van der Waals surface area contributed by atoms with Crippen LogP contribution in [0.5, 0.6) is 0 Å². The third-order valence-corrected chi connectivity index (χ3v) is 6.01. The largest absolute Gasteiger partial charge is 0.399 e. The molecule has 1 aromatic rings. The van der Waals surface area contributed by atoms with Gasteiger partial charge in [-0.15, -0.1) is 0 Å². The second-order valence-corrected chi connectivity index (χ2v) is 7.88. The molecule has 2 rings (SSSR count). The van der Waals surface area contributed by atoms with E-state index in [0.29, 0.717) is 5.69 Å². The molecule has 1 aromatic carbocycles. The predicted octanol–water partition coefficient (Wildman–Crippen LogP) is 2.14. The van der Waals surface area contributed by atoms with E-state index in [1.807, 2.05) is 0 Å². The lowest BCUT2D eigenvalue weighted by molar-refractivity contribution is 0.0867. The first-order valence-corrected chi connectivity index (χ1v) is 8.90. The Morgan fingerprint density at radius 3 is 2.57 bits per heavy atom. The van der Waals surface area contributed by atoms with Gasteiger partial charge in [-0.1, -0.05) is 30.9 Å². The lowest BCUT2D eigenvalue weighted by atomic mass is 9.75. The number of hydrogen-bond donors (Lipinski definition) is 3. The molecule has 118 valence electrons. The number of nitrogen functional groups attached to an aromatic ring is 1. The maximum Gasteiger partial charge on any atom is 0.242 e. The molecule has 0 saturated heterocycles. The van der Waals surface area contributed by atoms with Crippen molar-refractivity contribution in [1.29, 1.82) is 0 Å². The number of rotatable bonds is 5. The zero-order valence-electron chi connectivity index (χ0n) is 11.8. The van der Waals surface area contributed by atoms with Crippen LogP contribution in [0.15, 0.2) is 23.1 Å². The van der Waals surface area contributed by atoms with E-state index in [9.17, 15) is 13.5 Å². The number of aliphatic hydroxyl groups is 1. The van der Waals surface area contributed by atoms with E-state index in [-0.39, 0.29) is 28.5 Å². The summed E-state index contributed by atoms with van der Waals surface area (Å²) in [6.45, 7) is 0.205. The average Bonchev–Trinajstić information content (AvgIpc) is 2.49. The average molecular weight is 333 g/mol. The van der Waals surface area contributed by atoms with E-state index < -0.39 is 10.0 Å². The normalized spacial score (nSPS) is 18.6. The molecule has 1 aliphatic rings. The molecule has 0 radical (unpaired) electrons. The molecule has 1 fully saturated rings. The number of halogens is 1. The molecular weight excluding hydrogens is 312 g/mol. The van der Waals surface area contributed by atoms with Crippen molar-refractivity contribution in [1.82, 2.24) is 4.72 Å². The van der Waals surface area contributed by atoms with Crippen molar-refractivity contribution in [2.24, 2.45) is 5.41 Å². The second kappa shape index (κ2) is 6.52. The van der Waals surface area contributed by atoms with Crippen LogP contribution in [-0.4, -0.2) is 26.7 Å². The Bertz CT molecular complexity index is 598. The molecule has 0 aliphatic heterocycles. The smallest absolute Gasteiger partial charge is 0.242 e. The van der Waals surface area contributed by atoms with Crippen molar-refractivity contribution in [2.75, 3.05) is 18.9 Å². The molecule has 1 aliphatic carbocycles. The molecule has 0 amide bonds. The Hall–Kier alpha value is -0.820. The Kier molecular flexibility index (Phi) is 5.14. The quantitative estimate of drug-likeness (QED) is 0.720. The highest BCUT2D eigenvalue weighted by Gasteiger charge is 2.33. The van der Waals surface area contributed by atoms with Crippen LogP contribution in [0.1, 0.15) is 32.1 Å². The molecule has 4 N–H and O–H groups in total. The van der Waals surface area contributed by atoms with Crippen molar-refractivity contribution in [3.63, 3.8) is 0 Å². The second-order valence-electron chi connectivity index (χ2n) is 5.73. The van der Waals surface area contributed by atoms with Crippen LogP contribution in [0.2, 0.25) is 5.02 Å². The minimum Gasteiger partial charge on any atom is -0.399 e. The van der Waals surface area contributed by atoms with Crippen LogP contribution in [-0.2, 0) is 10.0 Å². The third-order valence-electron chi connectivity index (χ3n) is 4.13. The van der Waals surface area contributed by atoms with Gasteiger partial charge in [0.25, 0.3) is 0 Å². The molecule has 0 bridgehead atoms. The van der Waals surface area contributed by atoms with Gasteiger partial charge in [-0.25, -0.2) is 13.1 Å². The number of anilines is 1. The fraction of sp³-hybridized carbons (Fsp3) is 0.571. The summed E-state index contributed by atoms with van der Waals surface area (Å²) >= 11 is 5.95. The zero-order chi connectivity index (χ0) is 15.5. The molecule has 0 spiro atoms. The predicted molar refractivity (Wildman–Crippen MR) is 83.7 cm³/mol. The standard InChI is InChI=1S/C14H21ClN2O3S/c15-12-5-4-11(16)8-13(12)21(19,20)17-9-14(10-18)6-2-1-3-7-14/h4-5,8,17-18H,1-3,6-7,9-10,16H2. The highest BCUT2D eigenvalue weighted by molar-refractivity contribution is 7.89. The zero-order valence-corrected chi connectivity index (χ0v) is 13.4. The Labute approximate surface area is 130 Å². The van der Waals surface area contributed by atoms with Gasteiger partial charge < -0.3 is 10.8 Å². The van der Waals surface area contributed by atoms with Gasteiger partial charge in [0, 0.05) is 24.3 Å². The van der Waals surface area contributed by atoms with Gasteiger partial charge >= 0.3 is 0 Å². The fourth-order valence-corrected chi connectivity index (χ4v) is 4.43. The summed E-state index contributed by atoms with van der Waals surface area (Å²) < 4.78 is 27.3. The summed E-state index contributed by atoms with van der Waals surface area (Å²) in [5.41, 5.74) is 5.60. The van der Waals surface area contributed by atoms with Crippen LogP contribution in [0.25, 0.3) is 0 Å². The number of sulfonamides is 1. The van der Waals surface area contributed by atoms with E-state index in [0.717, 1.165) is 32.1 Å². The van der Waals surface area contributed by atoms with Gasteiger partial charge in [-0.05, 0) is 31.0 Å². The molecule has 21 heavy (non-hydrogen) atoms. The van der Waals surface area contributed by atoms with Crippen LogP contribution >= 0.6 is 11.6 Å². The highest BCUT2D eigenvalue weighted by Crippen LogP contribution is 2.35. The van der Waals surface area contributed by atoms with Crippen LogP contribution < -0.4 is 10.5 Å². The van der Waals surface area contributed by atoms with Crippen molar-refractivity contribution in [3.8, 4) is 0 Å². The molecular formula is C14H21ClN2O3S. The maximum atomic E-state index is 12.4. The molecule has 0 atom stereocenters. The van der Waals surface area contributed by atoms with E-state index in [4.69, 9.17) is 17.3 Å². The van der Waals surface area contributed by atoms with Gasteiger partial charge in [0.05, 0.1) is 5.02 Å². The first-order valence-electron chi connectivity index (χ1n) is 7.04. The summed E-state index contributed by atoms with van der Waals surface area (Å²) in [5.74, 6) is 0. The van der Waals surface area contributed by atoms with E-state index in [1.54, 1.807) is 6.07 Å². The SMILES string of the molecule is Nc1ccc(Cl)c(S(=O)(=O)NCC2(CO)CCCCC2)c1. The topological polar surface area (TPSA) is 92.4 Å². The van der Waals surface area contributed by atoms with Gasteiger partial charge in [0.2, 0.25) is 10.0 Å². The Morgan fingerprint density at radius 2 is 1.95 bits per heavy atom. The molecule has 5 nitrogen and oxygen atoms in total. The number of aliphatic hydroxyl groups excluding tert-OH is 1. The minimum atomic E-state index is -3.73. The van der Waals surface area contributed by atoms with Crippen molar-refractivity contribution in [3.05, 3.63) is 23.2 Å². The summed E-state index contributed by atoms with van der Waals surface area (Å²) in [6, 6.07) is 4.36. The van der Waals surface area contributed by atoms with Crippen LogP contribution in [0.4, 0.5) is 5.69 Å².